The maximum atomic E-state index is 2.74. The molecule has 0 aromatic heterocycles. The fraction of sp³-hybridized carbons (Fsp3) is 0.368. The summed E-state index contributed by atoms with van der Waals surface area (Å²) in [6, 6.07) is 50.1. The van der Waals surface area contributed by atoms with Gasteiger partial charge < -0.3 is 4.90 Å². The number of benzene rings is 6. The normalized spacial score (nSPS) is 26.7. The lowest BCUT2D eigenvalue weighted by Gasteiger charge is -2.63. The third-order valence-corrected chi connectivity index (χ3v) is 17.9. The molecule has 6 aromatic carbocycles. The zero-order valence-corrected chi connectivity index (χ0v) is 36.6. The van der Waals surface area contributed by atoms with Gasteiger partial charge in [0.15, 0.2) is 0 Å². The Bertz CT molecular complexity index is 2670. The van der Waals surface area contributed by atoms with Crippen molar-refractivity contribution in [1.29, 1.82) is 0 Å². The minimum absolute atomic E-state index is 0.0226. The van der Waals surface area contributed by atoms with Crippen molar-refractivity contribution in [2.45, 2.75) is 118 Å². The van der Waals surface area contributed by atoms with Crippen LogP contribution in [0.3, 0.4) is 0 Å². The van der Waals surface area contributed by atoms with E-state index in [1.807, 2.05) is 11.8 Å². The summed E-state index contributed by atoms with van der Waals surface area (Å²) in [6.45, 7) is 14.8. The standard InChI is InChI=1S/C57H57NS/c1-54(2)25-26-55(3,4)52-47(54)20-14-21-50(52)58(40-23-24-43-42-17-10-11-18-45(42)56(5,6)48(43)33-40)41-32-44(37-15-8-7-9-16-37)53-49(34-41)57(46-19-12-13-22-51(46)59-53)38-28-35-27-36(30-38)31-39(57)29-35/h7-24,32-36,38-39H,25-31H2,1-6H3. The lowest BCUT2D eigenvalue weighted by molar-refractivity contribution is -0.0443. The van der Waals surface area contributed by atoms with Crippen molar-refractivity contribution >= 4 is 28.8 Å². The Hall–Kier alpha value is -4.53. The summed E-state index contributed by atoms with van der Waals surface area (Å²) in [6.07, 6.45) is 9.31. The van der Waals surface area contributed by atoms with Gasteiger partial charge in [0, 0.05) is 32.0 Å². The van der Waals surface area contributed by atoms with Gasteiger partial charge in [-0.05, 0) is 171 Å². The fourth-order valence-electron chi connectivity index (χ4n) is 14.1. The number of hydrogen-bond donors (Lipinski definition) is 0. The Morgan fingerprint density at radius 2 is 1.12 bits per heavy atom. The predicted octanol–water partition coefficient (Wildman–Crippen LogP) is 15.7. The number of rotatable bonds is 4. The van der Waals surface area contributed by atoms with E-state index >= 15 is 0 Å². The SMILES string of the molecule is CC1(C)CCC(C)(C)c2c(N(c3ccc4c(c3)C(C)(C)c3ccccc3-4)c3cc(-c4ccccc4)c4c(c3)C3(c5ccccc5S4)C4CC5CC(C4)CC3C5)cccc21. The van der Waals surface area contributed by atoms with Gasteiger partial charge >= 0.3 is 0 Å². The number of nitrogens with zero attached hydrogens (tertiary/aromatic N) is 1. The second-order valence-corrected chi connectivity index (χ2v) is 22.3. The minimum Gasteiger partial charge on any atom is -0.310 e. The van der Waals surface area contributed by atoms with Crippen LogP contribution < -0.4 is 4.90 Å². The van der Waals surface area contributed by atoms with Crippen molar-refractivity contribution in [3.05, 3.63) is 161 Å². The highest BCUT2D eigenvalue weighted by Crippen LogP contribution is 2.70. The van der Waals surface area contributed by atoms with Crippen LogP contribution in [0.2, 0.25) is 0 Å². The molecule has 0 radical (unpaired) electrons. The van der Waals surface area contributed by atoms with Gasteiger partial charge in [0.2, 0.25) is 0 Å². The lowest BCUT2D eigenvalue weighted by Crippen LogP contribution is -2.57. The summed E-state index contributed by atoms with van der Waals surface area (Å²) in [5.74, 6) is 3.13. The Labute approximate surface area is 356 Å². The van der Waals surface area contributed by atoms with Crippen LogP contribution in [0.5, 0.6) is 0 Å². The molecule has 0 amide bonds. The summed E-state index contributed by atoms with van der Waals surface area (Å²) >= 11 is 2.05. The summed E-state index contributed by atoms with van der Waals surface area (Å²) in [7, 11) is 0. The molecule has 7 aliphatic rings. The van der Waals surface area contributed by atoms with Crippen molar-refractivity contribution in [1.82, 2.24) is 0 Å². The molecule has 0 atom stereocenters. The summed E-state index contributed by atoms with van der Waals surface area (Å²) in [5.41, 5.74) is 18.5. The van der Waals surface area contributed by atoms with Gasteiger partial charge in [-0.1, -0.05) is 144 Å². The largest absolute Gasteiger partial charge is 0.310 e. The maximum Gasteiger partial charge on any atom is 0.0502 e. The van der Waals surface area contributed by atoms with E-state index in [0.717, 1.165) is 11.8 Å². The Morgan fingerprint density at radius 3 is 1.88 bits per heavy atom. The number of fused-ring (bicyclic) bond motifs is 6. The van der Waals surface area contributed by atoms with Crippen LogP contribution >= 0.6 is 11.8 Å². The van der Waals surface area contributed by atoms with Crippen LogP contribution in [-0.2, 0) is 21.7 Å². The van der Waals surface area contributed by atoms with Crippen molar-refractivity contribution in [3.8, 4) is 22.3 Å². The molecular weight excluding hydrogens is 731 g/mol. The molecule has 4 bridgehead atoms. The second-order valence-electron chi connectivity index (χ2n) is 21.2. The highest BCUT2D eigenvalue weighted by Gasteiger charge is 2.61. The van der Waals surface area contributed by atoms with E-state index in [4.69, 9.17) is 0 Å². The molecule has 6 aliphatic carbocycles. The highest BCUT2D eigenvalue weighted by atomic mass is 32.2. The van der Waals surface area contributed by atoms with Crippen molar-refractivity contribution in [2.24, 2.45) is 23.7 Å². The summed E-state index contributed by atoms with van der Waals surface area (Å²) in [4.78, 5) is 5.70. The van der Waals surface area contributed by atoms with Crippen LogP contribution in [0, 0.1) is 23.7 Å². The van der Waals surface area contributed by atoms with Gasteiger partial charge in [-0.3, -0.25) is 0 Å². The van der Waals surface area contributed by atoms with E-state index < -0.39 is 0 Å². The van der Waals surface area contributed by atoms with Gasteiger partial charge in [0.05, 0.1) is 5.69 Å². The third kappa shape index (κ3) is 5.05. The smallest absolute Gasteiger partial charge is 0.0502 e. The van der Waals surface area contributed by atoms with E-state index in [9.17, 15) is 0 Å². The molecule has 6 aromatic rings. The van der Waals surface area contributed by atoms with E-state index in [2.05, 4.69) is 174 Å². The molecule has 4 fully saturated rings. The molecular formula is C57H57NS. The van der Waals surface area contributed by atoms with Crippen molar-refractivity contribution in [3.63, 3.8) is 0 Å². The minimum atomic E-state index is -0.0964. The summed E-state index contributed by atoms with van der Waals surface area (Å²) in [5, 5.41) is 0. The molecule has 13 rings (SSSR count). The monoisotopic (exact) mass is 787 g/mol. The molecule has 1 nitrogen and oxygen atoms in total. The topological polar surface area (TPSA) is 3.24 Å². The molecule has 0 unspecified atom stereocenters. The van der Waals surface area contributed by atoms with Gasteiger partial charge in [-0.25, -0.2) is 0 Å². The molecule has 1 spiro atoms. The molecule has 1 aliphatic heterocycles. The van der Waals surface area contributed by atoms with Gasteiger partial charge in [-0.15, -0.1) is 0 Å². The lowest BCUT2D eigenvalue weighted by atomic mass is 9.42. The van der Waals surface area contributed by atoms with Crippen LogP contribution in [0.25, 0.3) is 22.3 Å². The average molecular weight is 788 g/mol. The maximum absolute atomic E-state index is 2.74. The van der Waals surface area contributed by atoms with Crippen LogP contribution in [0.15, 0.2) is 137 Å². The predicted molar refractivity (Wildman–Crippen MR) is 248 cm³/mol. The van der Waals surface area contributed by atoms with Gasteiger partial charge in [-0.2, -0.15) is 0 Å². The molecule has 2 heteroatoms. The highest BCUT2D eigenvalue weighted by molar-refractivity contribution is 7.99. The van der Waals surface area contributed by atoms with Gasteiger partial charge in [0.25, 0.3) is 0 Å². The first kappa shape index (κ1) is 36.3. The zero-order chi connectivity index (χ0) is 40.1. The van der Waals surface area contributed by atoms with Gasteiger partial charge in [0.1, 0.15) is 0 Å². The van der Waals surface area contributed by atoms with Crippen LogP contribution in [0.1, 0.15) is 120 Å². The first-order valence-corrected chi connectivity index (χ1v) is 23.5. The van der Waals surface area contributed by atoms with E-state index in [0.29, 0.717) is 11.8 Å². The van der Waals surface area contributed by atoms with Crippen LogP contribution in [-0.4, -0.2) is 0 Å². The quantitative estimate of drug-likeness (QED) is 0.175. The molecule has 1 heterocycles. The van der Waals surface area contributed by atoms with Crippen molar-refractivity contribution in [2.75, 3.05) is 4.90 Å². The Morgan fingerprint density at radius 1 is 0.492 bits per heavy atom. The molecule has 296 valence electrons. The Balaban J connectivity index is 1.17. The third-order valence-electron chi connectivity index (χ3n) is 16.7. The number of hydrogen-bond acceptors (Lipinski definition) is 2. The molecule has 59 heavy (non-hydrogen) atoms. The first-order valence-electron chi connectivity index (χ1n) is 22.6. The Kier molecular flexibility index (Phi) is 7.70. The fourth-order valence-corrected chi connectivity index (χ4v) is 15.4. The molecule has 0 saturated heterocycles. The first-order chi connectivity index (χ1) is 28.4. The second kappa shape index (κ2) is 12.5. The number of anilines is 3. The summed E-state index contributed by atoms with van der Waals surface area (Å²) < 4.78 is 0. The van der Waals surface area contributed by atoms with E-state index in [1.165, 1.54) is 116 Å². The molecule has 4 saturated carbocycles. The van der Waals surface area contributed by atoms with Crippen molar-refractivity contribution < 1.29 is 0 Å². The zero-order valence-electron chi connectivity index (χ0n) is 35.7. The van der Waals surface area contributed by atoms with E-state index in [-0.39, 0.29) is 21.7 Å². The molecule has 0 N–H and O–H groups in total. The van der Waals surface area contributed by atoms with E-state index in [1.54, 1.807) is 11.1 Å². The van der Waals surface area contributed by atoms with Crippen LogP contribution in [0.4, 0.5) is 17.1 Å². The average Bonchev–Trinajstić information content (AvgIpc) is 3.46.